The Morgan fingerprint density at radius 2 is 1.87 bits per heavy atom. The molecule has 3 aromatic heterocycles. The number of halogens is 4. The maximum Gasteiger partial charge on any atom is 0.423 e. The lowest BCUT2D eigenvalue weighted by atomic mass is 9.96. The fraction of sp³-hybridized carbons (Fsp3) is 0.370. The van der Waals surface area contributed by atoms with E-state index in [-0.39, 0.29) is 24.8 Å². The van der Waals surface area contributed by atoms with Crippen LogP contribution in [0.1, 0.15) is 43.5 Å². The number of hydrogen-bond acceptors (Lipinski definition) is 6. The number of aromatic nitrogens is 4. The Bertz CT molecular complexity index is 1430. The molecule has 208 valence electrons. The number of carbonyl (C=O) groups excluding carboxylic acids is 1. The Labute approximate surface area is 222 Å². The van der Waals surface area contributed by atoms with Crippen LogP contribution in [0.5, 0.6) is 0 Å². The summed E-state index contributed by atoms with van der Waals surface area (Å²) < 4.78 is 62.0. The van der Waals surface area contributed by atoms with Crippen molar-refractivity contribution in [1.82, 2.24) is 24.7 Å². The first kappa shape index (κ1) is 28.2. The zero-order valence-corrected chi connectivity index (χ0v) is 21.5. The summed E-state index contributed by atoms with van der Waals surface area (Å²) in [5.41, 5.74) is 0.445. The molecule has 0 aliphatic carbocycles. The number of rotatable bonds is 11. The summed E-state index contributed by atoms with van der Waals surface area (Å²) in [4.78, 5) is 11.6. The molecule has 0 fully saturated rings. The second-order valence-corrected chi connectivity index (χ2v) is 9.10. The molecule has 1 unspecified atom stereocenters. The highest BCUT2D eigenvalue weighted by Crippen LogP contribution is 2.40. The minimum Gasteiger partial charge on any atom is -0.466 e. The van der Waals surface area contributed by atoms with Crippen LogP contribution in [0.3, 0.4) is 0 Å². The first-order chi connectivity index (χ1) is 18.6. The first-order valence-electron chi connectivity index (χ1n) is 12.5. The van der Waals surface area contributed by atoms with Gasteiger partial charge in [0.05, 0.1) is 31.5 Å². The number of benzene rings is 1. The Hall–Kier alpha value is -3.77. The molecule has 0 aliphatic heterocycles. The molecule has 0 radical (unpaired) electrons. The molecular weight excluding hydrogens is 518 g/mol. The standard InChI is InChI=1S/C27H29F4N5O3/c1-3-26(38,27(29,30)31)23-17-35(34-33-23)16-18-10-12-36-22(13-18)14-20(15-32-11-9-24(37)39-4-2)25(36)19-5-7-21(28)8-6-19/h5-8,10,12-14,17,32,38H,3-4,9,11,15-16H2,1-2H3. The maximum atomic E-state index is 13.6. The molecule has 39 heavy (non-hydrogen) atoms. The van der Waals surface area contributed by atoms with Crippen molar-refractivity contribution < 1.29 is 32.2 Å². The zero-order valence-electron chi connectivity index (χ0n) is 21.5. The summed E-state index contributed by atoms with van der Waals surface area (Å²) in [6.07, 6.45) is -2.33. The van der Waals surface area contributed by atoms with E-state index in [1.165, 1.54) is 23.7 Å². The fourth-order valence-corrected chi connectivity index (χ4v) is 4.37. The van der Waals surface area contributed by atoms with E-state index in [0.717, 1.165) is 34.1 Å². The summed E-state index contributed by atoms with van der Waals surface area (Å²) in [5, 5.41) is 20.8. The van der Waals surface area contributed by atoms with Gasteiger partial charge in [0.2, 0.25) is 5.60 Å². The molecule has 12 heteroatoms. The SMILES string of the molecule is CCOC(=O)CCNCc1cc2cc(Cn3cc(C(O)(CC)C(F)(F)F)nn3)ccn2c1-c1ccc(F)cc1. The Balaban J connectivity index is 1.60. The van der Waals surface area contributed by atoms with Crippen LogP contribution in [0.2, 0.25) is 0 Å². The zero-order chi connectivity index (χ0) is 28.2. The predicted octanol–water partition coefficient (Wildman–Crippen LogP) is 4.59. The summed E-state index contributed by atoms with van der Waals surface area (Å²) in [6, 6.07) is 11.7. The molecule has 3 heterocycles. The van der Waals surface area contributed by atoms with Crippen LogP contribution in [0, 0.1) is 5.82 Å². The third-order valence-electron chi connectivity index (χ3n) is 6.45. The van der Waals surface area contributed by atoms with Gasteiger partial charge in [-0.05, 0) is 72.5 Å². The minimum atomic E-state index is -4.88. The highest BCUT2D eigenvalue weighted by molar-refractivity contribution is 5.72. The number of ether oxygens (including phenoxy) is 1. The number of esters is 1. The molecule has 4 rings (SSSR count). The van der Waals surface area contributed by atoms with E-state index in [4.69, 9.17) is 4.74 Å². The van der Waals surface area contributed by atoms with Crippen molar-refractivity contribution >= 4 is 11.5 Å². The molecule has 0 saturated heterocycles. The summed E-state index contributed by atoms with van der Waals surface area (Å²) >= 11 is 0. The van der Waals surface area contributed by atoms with Gasteiger partial charge in [-0.2, -0.15) is 13.2 Å². The van der Waals surface area contributed by atoms with Gasteiger partial charge in [-0.1, -0.05) is 12.1 Å². The molecule has 0 aliphatic rings. The van der Waals surface area contributed by atoms with E-state index in [1.807, 2.05) is 22.7 Å². The second kappa shape index (κ2) is 11.5. The van der Waals surface area contributed by atoms with Crippen molar-refractivity contribution in [2.75, 3.05) is 13.2 Å². The second-order valence-electron chi connectivity index (χ2n) is 9.10. The molecule has 8 nitrogen and oxygen atoms in total. The quantitative estimate of drug-likeness (QED) is 0.162. The number of fused-ring (bicyclic) bond motifs is 1. The van der Waals surface area contributed by atoms with Gasteiger partial charge in [0, 0.05) is 24.8 Å². The third kappa shape index (κ3) is 6.12. The van der Waals surface area contributed by atoms with E-state index >= 15 is 0 Å². The molecule has 1 atom stereocenters. The molecule has 0 amide bonds. The van der Waals surface area contributed by atoms with Gasteiger partial charge < -0.3 is 19.6 Å². The van der Waals surface area contributed by atoms with E-state index in [1.54, 1.807) is 25.1 Å². The average Bonchev–Trinajstić information content (AvgIpc) is 3.50. The van der Waals surface area contributed by atoms with Crippen molar-refractivity contribution in [3.8, 4) is 11.3 Å². The smallest absolute Gasteiger partial charge is 0.423 e. The van der Waals surface area contributed by atoms with Gasteiger partial charge in [0.15, 0.2) is 0 Å². The van der Waals surface area contributed by atoms with Crippen molar-refractivity contribution in [3.05, 3.63) is 77.5 Å². The first-order valence-corrected chi connectivity index (χ1v) is 12.5. The van der Waals surface area contributed by atoms with Gasteiger partial charge >= 0.3 is 12.1 Å². The van der Waals surface area contributed by atoms with Crippen LogP contribution in [0.4, 0.5) is 17.6 Å². The lowest BCUT2D eigenvalue weighted by molar-refractivity contribution is -0.269. The predicted molar refractivity (Wildman–Crippen MR) is 135 cm³/mol. The number of nitrogens with one attached hydrogen (secondary N) is 1. The van der Waals surface area contributed by atoms with Crippen LogP contribution in [-0.2, 0) is 28.2 Å². The van der Waals surface area contributed by atoms with Crippen LogP contribution in [0.15, 0.2) is 54.9 Å². The number of aliphatic hydroxyl groups is 1. The molecule has 1 aromatic carbocycles. The summed E-state index contributed by atoms with van der Waals surface area (Å²) in [7, 11) is 0. The number of hydrogen-bond donors (Lipinski definition) is 2. The largest absolute Gasteiger partial charge is 0.466 e. The monoisotopic (exact) mass is 547 g/mol. The van der Waals surface area contributed by atoms with E-state index in [0.29, 0.717) is 19.7 Å². The van der Waals surface area contributed by atoms with Crippen LogP contribution in [-0.4, -0.2) is 49.8 Å². The van der Waals surface area contributed by atoms with Gasteiger partial charge in [-0.15, -0.1) is 5.10 Å². The van der Waals surface area contributed by atoms with Crippen LogP contribution in [0.25, 0.3) is 16.8 Å². The number of nitrogens with zero attached hydrogens (tertiary/aromatic N) is 4. The number of pyridine rings is 1. The third-order valence-corrected chi connectivity index (χ3v) is 6.45. The van der Waals surface area contributed by atoms with Crippen molar-refractivity contribution in [3.63, 3.8) is 0 Å². The Morgan fingerprint density at radius 3 is 2.54 bits per heavy atom. The Morgan fingerprint density at radius 1 is 1.13 bits per heavy atom. The lowest BCUT2D eigenvalue weighted by Gasteiger charge is -2.26. The molecule has 0 saturated carbocycles. The average molecular weight is 548 g/mol. The maximum absolute atomic E-state index is 13.6. The molecular formula is C27H29F4N5O3. The van der Waals surface area contributed by atoms with Crippen molar-refractivity contribution in [2.24, 2.45) is 0 Å². The lowest BCUT2D eigenvalue weighted by Crippen LogP contribution is -2.42. The van der Waals surface area contributed by atoms with E-state index in [9.17, 15) is 27.5 Å². The van der Waals surface area contributed by atoms with Crippen molar-refractivity contribution in [1.29, 1.82) is 0 Å². The van der Waals surface area contributed by atoms with Gasteiger partial charge in [-0.3, -0.25) is 4.79 Å². The summed E-state index contributed by atoms with van der Waals surface area (Å²) in [5.74, 6) is -0.650. The molecule has 4 aromatic rings. The van der Waals surface area contributed by atoms with Gasteiger partial charge in [-0.25, -0.2) is 9.07 Å². The van der Waals surface area contributed by atoms with E-state index in [2.05, 4.69) is 15.6 Å². The van der Waals surface area contributed by atoms with E-state index < -0.39 is 23.9 Å². The van der Waals surface area contributed by atoms with Crippen LogP contribution < -0.4 is 5.32 Å². The van der Waals surface area contributed by atoms with Gasteiger partial charge in [0.25, 0.3) is 0 Å². The van der Waals surface area contributed by atoms with Crippen LogP contribution >= 0.6 is 0 Å². The highest BCUT2D eigenvalue weighted by atomic mass is 19.4. The molecule has 2 N–H and O–H groups in total. The number of carbonyl (C=O) groups is 1. The summed E-state index contributed by atoms with van der Waals surface area (Å²) in [6.45, 7) is 4.27. The highest BCUT2D eigenvalue weighted by Gasteiger charge is 2.55. The topological polar surface area (TPSA) is 93.7 Å². The minimum absolute atomic E-state index is 0.130. The number of alkyl halides is 3. The molecule has 0 bridgehead atoms. The normalized spacial score (nSPS) is 13.5. The van der Waals surface area contributed by atoms with Crippen molar-refractivity contribution in [2.45, 2.75) is 51.6 Å². The van der Waals surface area contributed by atoms with Gasteiger partial charge in [0.1, 0.15) is 11.5 Å². The molecule has 0 spiro atoms. The fourth-order valence-electron chi connectivity index (χ4n) is 4.37. The Kier molecular flexibility index (Phi) is 8.36.